The monoisotopic (exact) mass is 444 g/mol. The minimum atomic E-state index is -5.39. The van der Waals surface area contributed by atoms with Gasteiger partial charge in [0, 0.05) is 12.2 Å². The fraction of sp³-hybridized carbons (Fsp3) is 0.833. The maximum atomic E-state index is 11.9. The van der Waals surface area contributed by atoms with Crippen LogP contribution < -0.4 is 0 Å². The van der Waals surface area contributed by atoms with Crippen LogP contribution in [-0.4, -0.2) is 58.7 Å². The lowest BCUT2D eigenvalue weighted by Gasteiger charge is -2.20. The SMILES string of the molecule is BC1OC(COP(=O)(S)OP(=O)(O)OP(=O)(O)O)C2OC(=S)OC12. The Hall–Kier alpha value is 0.515. The van der Waals surface area contributed by atoms with Crippen LogP contribution in [0.4, 0.5) is 0 Å². The van der Waals surface area contributed by atoms with Gasteiger partial charge >= 0.3 is 27.7 Å². The summed E-state index contributed by atoms with van der Waals surface area (Å²) in [7, 11) is -9.07. The van der Waals surface area contributed by atoms with Crippen LogP contribution >= 0.6 is 46.9 Å². The first-order chi connectivity index (χ1) is 10.8. The van der Waals surface area contributed by atoms with Crippen LogP contribution in [0.1, 0.15) is 0 Å². The summed E-state index contributed by atoms with van der Waals surface area (Å²) in [6.07, 6.45) is -1.93. The Morgan fingerprint density at radius 3 is 2.33 bits per heavy atom. The van der Waals surface area contributed by atoms with E-state index in [1.54, 1.807) is 7.85 Å². The van der Waals surface area contributed by atoms with Gasteiger partial charge in [-0.15, -0.1) is 0 Å². The van der Waals surface area contributed by atoms with Gasteiger partial charge in [-0.05, 0) is 0 Å². The van der Waals surface area contributed by atoms with Gasteiger partial charge in [0.05, 0.1) is 12.6 Å². The van der Waals surface area contributed by atoms with E-state index in [0.717, 1.165) is 0 Å². The average molecular weight is 444 g/mol. The summed E-state index contributed by atoms with van der Waals surface area (Å²) >= 11 is 8.20. The van der Waals surface area contributed by atoms with E-state index in [-0.39, 0.29) is 5.24 Å². The molecular formula is C6H12BO12P3S2. The molecule has 3 N–H and O–H groups in total. The highest BCUT2D eigenvalue weighted by atomic mass is 32.7. The van der Waals surface area contributed by atoms with Crippen LogP contribution in [0.25, 0.3) is 0 Å². The van der Waals surface area contributed by atoms with Crippen molar-refractivity contribution in [3.8, 4) is 0 Å². The van der Waals surface area contributed by atoms with E-state index in [1.165, 1.54) is 0 Å². The highest BCUT2D eigenvalue weighted by Gasteiger charge is 2.51. The summed E-state index contributed by atoms with van der Waals surface area (Å²) < 4.78 is 62.0. The highest BCUT2D eigenvalue weighted by Crippen LogP contribution is 2.69. The van der Waals surface area contributed by atoms with Crippen molar-refractivity contribution >= 4 is 60.0 Å². The number of fused-ring (bicyclic) bond motifs is 1. The average Bonchev–Trinajstić information content (AvgIpc) is 2.82. The molecule has 0 aliphatic carbocycles. The summed E-state index contributed by atoms with van der Waals surface area (Å²) in [5.41, 5.74) is 0. The first-order valence-electron chi connectivity index (χ1n) is 6.09. The topological polar surface area (TPSA) is 167 Å². The van der Waals surface area contributed by atoms with Gasteiger partial charge in [-0.1, -0.05) is 12.2 Å². The van der Waals surface area contributed by atoms with Crippen molar-refractivity contribution in [3.63, 3.8) is 0 Å². The Morgan fingerprint density at radius 2 is 1.75 bits per heavy atom. The van der Waals surface area contributed by atoms with Gasteiger partial charge < -0.3 is 28.9 Å². The molecule has 2 fully saturated rings. The van der Waals surface area contributed by atoms with Crippen molar-refractivity contribution in [1.82, 2.24) is 0 Å². The molecule has 6 unspecified atom stereocenters. The van der Waals surface area contributed by atoms with Crippen molar-refractivity contribution in [2.24, 2.45) is 0 Å². The molecular weight excluding hydrogens is 432 g/mol. The van der Waals surface area contributed by atoms with E-state index in [2.05, 4.69) is 20.9 Å². The molecule has 18 heteroatoms. The second-order valence-electron chi connectivity index (χ2n) is 4.68. The maximum Gasteiger partial charge on any atom is 0.488 e. The molecule has 2 aliphatic rings. The van der Waals surface area contributed by atoms with Crippen molar-refractivity contribution < 1.29 is 55.7 Å². The third kappa shape index (κ3) is 5.77. The molecule has 6 atom stereocenters. The summed E-state index contributed by atoms with van der Waals surface area (Å²) in [5.74, 6) is 0. The van der Waals surface area contributed by atoms with Gasteiger partial charge in [0.1, 0.15) is 14.0 Å². The van der Waals surface area contributed by atoms with E-state index in [4.69, 9.17) is 45.6 Å². The van der Waals surface area contributed by atoms with Crippen LogP contribution in [0.5, 0.6) is 0 Å². The van der Waals surface area contributed by atoms with Gasteiger partial charge in [0.2, 0.25) is 0 Å². The molecule has 0 aromatic carbocycles. The zero-order valence-corrected chi connectivity index (χ0v) is 16.1. The Morgan fingerprint density at radius 1 is 1.17 bits per heavy atom. The van der Waals surface area contributed by atoms with Gasteiger partial charge in [-0.2, -0.15) is 8.62 Å². The molecule has 0 spiro atoms. The molecule has 0 radical (unpaired) electrons. The van der Waals surface area contributed by atoms with Crippen molar-refractivity contribution in [2.75, 3.05) is 6.61 Å². The molecule has 0 aromatic rings. The smallest absolute Gasteiger partial charge is 0.448 e. The summed E-state index contributed by atoms with van der Waals surface area (Å²) in [4.78, 5) is 26.1. The largest absolute Gasteiger partial charge is 0.488 e. The second-order valence-corrected chi connectivity index (χ2v) is 10.9. The Labute approximate surface area is 147 Å². The molecule has 2 aliphatic heterocycles. The van der Waals surface area contributed by atoms with Crippen LogP contribution in [0.3, 0.4) is 0 Å². The lowest BCUT2D eigenvalue weighted by Crippen LogP contribution is -2.31. The molecule has 2 saturated heterocycles. The standard InChI is InChI=1S/C6H12BO12P3S2/c7-5-4-3(16-6(23)17-4)2(15-5)1-14-22(13,24)19-21(11,12)18-20(8,9)10/h2-5H,1,7H2,(H,11,12)(H,13,24)(H2,8,9,10). The quantitative estimate of drug-likeness (QED) is 0.175. The summed E-state index contributed by atoms with van der Waals surface area (Å²) in [5, 5.41) is -0.0784. The van der Waals surface area contributed by atoms with Crippen LogP contribution in [0, 0.1) is 0 Å². The molecule has 12 nitrogen and oxygen atoms in total. The molecule has 2 rings (SSSR count). The molecule has 0 aromatic heterocycles. The number of hydrogen-bond acceptors (Lipinski definition) is 10. The molecule has 0 amide bonds. The normalized spacial score (nSPS) is 34.8. The minimum Gasteiger partial charge on any atom is -0.448 e. The fourth-order valence-electron chi connectivity index (χ4n) is 2.07. The lowest BCUT2D eigenvalue weighted by molar-refractivity contribution is 0.00169. The zero-order chi connectivity index (χ0) is 18.3. The van der Waals surface area contributed by atoms with Crippen LogP contribution in [-0.2, 0) is 41.1 Å². The molecule has 24 heavy (non-hydrogen) atoms. The molecule has 0 saturated carbocycles. The van der Waals surface area contributed by atoms with E-state index >= 15 is 0 Å². The number of phosphoric acid groups is 2. The maximum absolute atomic E-state index is 11.9. The van der Waals surface area contributed by atoms with Gasteiger partial charge in [0.25, 0.3) is 0 Å². The van der Waals surface area contributed by atoms with Crippen LogP contribution in [0.2, 0.25) is 0 Å². The Kier molecular flexibility index (Phi) is 6.30. The van der Waals surface area contributed by atoms with E-state index < -0.39 is 53.4 Å². The number of thiol groups is 1. The Balaban J connectivity index is 1.93. The molecule has 0 bridgehead atoms. The number of thiocarbonyl (C=S) groups is 1. The van der Waals surface area contributed by atoms with Crippen molar-refractivity contribution in [1.29, 1.82) is 0 Å². The Bertz CT molecular complexity index is 653. The van der Waals surface area contributed by atoms with E-state index in [0.29, 0.717) is 0 Å². The second kappa shape index (κ2) is 7.26. The van der Waals surface area contributed by atoms with Gasteiger partial charge in [0.15, 0.2) is 12.2 Å². The predicted octanol–water partition coefficient (Wildman–Crippen LogP) is -0.306. The predicted molar refractivity (Wildman–Crippen MR) is 86.1 cm³/mol. The minimum absolute atomic E-state index is 0.0784. The fourth-order valence-corrected chi connectivity index (χ4v) is 6.35. The van der Waals surface area contributed by atoms with Crippen molar-refractivity contribution in [3.05, 3.63) is 0 Å². The number of hydrogen-bond donors (Lipinski definition) is 4. The summed E-state index contributed by atoms with van der Waals surface area (Å²) in [6, 6.07) is -0.411. The molecule has 138 valence electrons. The van der Waals surface area contributed by atoms with E-state index in [1.807, 2.05) is 0 Å². The third-order valence-corrected chi connectivity index (χ3v) is 7.82. The van der Waals surface area contributed by atoms with Gasteiger partial charge in [-0.3, -0.25) is 4.52 Å². The zero-order valence-electron chi connectivity index (χ0n) is 11.7. The lowest BCUT2D eigenvalue weighted by atomic mass is 9.93. The third-order valence-electron chi connectivity index (χ3n) is 2.82. The van der Waals surface area contributed by atoms with Crippen LogP contribution in [0.15, 0.2) is 0 Å². The highest BCUT2D eigenvalue weighted by molar-refractivity contribution is 8.45. The number of ether oxygens (including phenoxy) is 3. The number of rotatable bonds is 7. The summed E-state index contributed by atoms with van der Waals surface area (Å²) in [6.45, 7) is -4.97. The van der Waals surface area contributed by atoms with E-state index in [9.17, 15) is 13.7 Å². The first-order valence-corrected chi connectivity index (χ1v) is 12.2. The first kappa shape index (κ1) is 20.8. The van der Waals surface area contributed by atoms with Gasteiger partial charge in [-0.25, -0.2) is 13.7 Å². The van der Waals surface area contributed by atoms with Crippen molar-refractivity contribution in [2.45, 2.75) is 24.3 Å². The molecule has 2 heterocycles.